The maximum atomic E-state index is 11.2. The summed E-state index contributed by atoms with van der Waals surface area (Å²) in [5.74, 6) is 0.606. The van der Waals surface area contributed by atoms with Crippen LogP contribution in [-0.4, -0.2) is 41.6 Å². The molecule has 1 heterocycles. The topological polar surface area (TPSA) is 84.8 Å². The largest absolute Gasteiger partial charge is 0.352 e. The summed E-state index contributed by atoms with van der Waals surface area (Å²) in [6.07, 6.45) is 0. The van der Waals surface area contributed by atoms with E-state index in [9.17, 15) is 8.42 Å². The predicted octanol–water partition coefficient (Wildman–Crippen LogP) is 0.335. The van der Waals surface area contributed by atoms with Crippen molar-refractivity contribution in [3.63, 3.8) is 0 Å². The molecule has 1 aromatic rings. The molecular formula is C9H16N4O2S. The molecule has 0 aliphatic carbocycles. The Labute approximate surface area is 95.4 Å². The van der Waals surface area contributed by atoms with E-state index in [0.29, 0.717) is 12.5 Å². The van der Waals surface area contributed by atoms with Crippen molar-refractivity contribution in [2.24, 2.45) is 0 Å². The highest BCUT2D eigenvalue weighted by molar-refractivity contribution is 7.91. The molecule has 0 spiro atoms. The molecule has 0 saturated heterocycles. The highest BCUT2D eigenvalue weighted by atomic mass is 32.2. The third-order valence-corrected chi connectivity index (χ3v) is 3.93. The first-order chi connectivity index (χ1) is 7.44. The zero-order valence-corrected chi connectivity index (χ0v) is 10.5. The minimum absolute atomic E-state index is 0.0831. The number of hydrogen-bond acceptors (Lipinski definition) is 6. The molecule has 0 atom stereocenters. The lowest BCUT2D eigenvalue weighted by Crippen LogP contribution is -2.18. The van der Waals surface area contributed by atoms with Crippen LogP contribution in [0.15, 0.2) is 0 Å². The monoisotopic (exact) mass is 244 g/mol. The van der Waals surface area contributed by atoms with Gasteiger partial charge in [-0.15, -0.1) is 5.10 Å². The third-order valence-electron chi connectivity index (χ3n) is 2.23. The fraction of sp³-hybridized carbons (Fsp3) is 0.667. The second-order valence-electron chi connectivity index (χ2n) is 3.47. The average Bonchev–Trinajstić information content (AvgIpc) is 2.23. The number of anilines is 1. The molecule has 7 heteroatoms. The molecule has 16 heavy (non-hydrogen) atoms. The van der Waals surface area contributed by atoms with E-state index in [-0.39, 0.29) is 11.5 Å². The van der Waals surface area contributed by atoms with Crippen molar-refractivity contribution >= 4 is 15.8 Å². The Morgan fingerprint density at radius 1 is 1.19 bits per heavy atom. The van der Waals surface area contributed by atoms with Crippen LogP contribution in [0.2, 0.25) is 0 Å². The molecule has 1 aromatic heterocycles. The van der Waals surface area contributed by atoms with E-state index in [1.165, 1.54) is 0 Å². The van der Waals surface area contributed by atoms with Crippen LogP contribution in [0.3, 0.4) is 0 Å². The fourth-order valence-corrected chi connectivity index (χ4v) is 1.70. The molecule has 0 bridgehead atoms. The predicted molar refractivity (Wildman–Crippen MR) is 62.1 cm³/mol. The Balaban J connectivity index is 2.53. The van der Waals surface area contributed by atoms with Crippen LogP contribution in [0.5, 0.6) is 0 Å². The Bertz CT molecular complexity index is 459. The van der Waals surface area contributed by atoms with Gasteiger partial charge in [0.2, 0.25) is 5.95 Å². The number of rotatable bonds is 5. The average molecular weight is 244 g/mol. The Morgan fingerprint density at radius 2 is 1.88 bits per heavy atom. The van der Waals surface area contributed by atoms with Gasteiger partial charge in [-0.2, -0.15) is 5.10 Å². The van der Waals surface area contributed by atoms with Crippen LogP contribution in [0.25, 0.3) is 0 Å². The van der Waals surface area contributed by atoms with Gasteiger partial charge in [0.25, 0.3) is 0 Å². The number of nitrogens with one attached hydrogen (secondary N) is 1. The Hall–Kier alpha value is -1.24. The van der Waals surface area contributed by atoms with Gasteiger partial charge in [0.05, 0.1) is 17.1 Å². The van der Waals surface area contributed by atoms with Crippen LogP contribution >= 0.6 is 0 Å². The summed E-state index contributed by atoms with van der Waals surface area (Å²) < 4.78 is 22.4. The van der Waals surface area contributed by atoms with E-state index in [1.54, 1.807) is 6.92 Å². The Kier molecular flexibility index (Phi) is 4.17. The zero-order chi connectivity index (χ0) is 12.2. The van der Waals surface area contributed by atoms with Gasteiger partial charge in [-0.05, 0) is 13.8 Å². The highest BCUT2D eigenvalue weighted by Gasteiger charge is 2.07. The molecule has 1 N–H and O–H groups in total. The molecule has 90 valence electrons. The summed E-state index contributed by atoms with van der Waals surface area (Å²) in [5.41, 5.74) is 1.56. The normalized spacial score (nSPS) is 11.4. The van der Waals surface area contributed by atoms with Gasteiger partial charge in [0, 0.05) is 12.3 Å². The van der Waals surface area contributed by atoms with Crippen LogP contribution in [0.1, 0.15) is 18.3 Å². The molecule has 0 unspecified atom stereocenters. The summed E-state index contributed by atoms with van der Waals surface area (Å²) in [6.45, 7) is 5.59. The van der Waals surface area contributed by atoms with E-state index in [2.05, 4.69) is 20.5 Å². The van der Waals surface area contributed by atoms with Gasteiger partial charge in [-0.25, -0.2) is 13.4 Å². The van der Waals surface area contributed by atoms with Crippen molar-refractivity contribution in [1.82, 2.24) is 15.2 Å². The number of aryl methyl sites for hydroxylation is 2. The lowest BCUT2D eigenvalue weighted by atomic mass is 10.4. The van der Waals surface area contributed by atoms with Crippen molar-refractivity contribution in [3.05, 3.63) is 11.4 Å². The molecule has 0 amide bonds. The lowest BCUT2D eigenvalue weighted by Gasteiger charge is -2.05. The smallest absolute Gasteiger partial charge is 0.242 e. The van der Waals surface area contributed by atoms with Crippen LogP contribution in [0, 0.1) is 13.8 Å². The molecule has 0 aliphatic rings. The molecule has 6 nitrogen and oxygen atoms in total. The van der Waals surface area contributed by atoms with Gasteiger partial charge in [-0.1, -0.05) is 6.92 Å². The SMILES string of the molecule is CCS(=O)(=O)CCNc1nnc(C)c(C)n1. The molecule has 0 saturated carbocycles. The minimum Gasteiger partial charge on any atom is -0.352 e. The number of sulfone groups is 1. The van der Waals surface area contributed by atoms with Gasteiger partial charge in [0.15, 0.2) is 9.84 Å². The number of nitrogens with zero attached hydrogens (tertiary/aromatic N) is 3. The molecule has 0 radical (unpaired) electrons. The first-order valence-corrected chi connectivity index (χ1v) is 6.89. The van der Waals surface area contributed by atoms with Gasteiger partial charge >= 0.3 is 0 Å². The van der Waals surface area contributed by atoms with Crippen molar-refractivity contribution < 1.29 is 8.42 Å². The van der Waals surface area contributed by atoms with Gasteiger partial charge < -0.3 is 5.32 Å². The number of hydrogen-bond donors (Lipinski definition) is 1. The minimum atomic E-state index is -2.95. The van der Waals surface area contributed by atoms with E-state index in [4.69, 9.17) is 0 Å². The molecule has 0 fully saturated rings. The second kappa shape index (κ2) is 5.20. The standard InChI is InChI=1S/C9H16N4O2S/c1-4-16(14,15)6-5-10-9-11-7(2)8(3)12-13-9/h4-6H2,1-3H3,(H,10,11,13). The van der Waals surface area contributed by atoms with Crippen molar-refractivity contribution in [3.8, 4) is 0 Å². The molecule has 0 aliphatic heterocycles. The summed E-state index contributed by atoms with van der Waals surface area (Å²) in [5, 5.41) is 10.5. The molecular weight excluding hydrogens is 228 g/mol. The zero-order valence-electron chi connectivity index (χ0n) is 9.69. The van der Waals surface area contributed by atoms with Crippen molar-refractivity contribution in [2.75, 3.05) is 23.4 Å². The van der Waals surface area contributed by atoms with Crippen molar-refractivity contribution in [1.29, 1.82) is 0 Å². The summed E-state index contributed by atoms with van der Waals surface area (Å²) in [4.78, 5) is 4.14. The fourth-order valence-electron chi connectivity index (χ4n) is 0.994. The van der Waals surface area contributed by atoms with Gasteiger partial charge in [0.1, 0.15) is 0 Å². The van der Waals surface area contributed by atoms with Crippen LogP contribution in [-0.2, 0) is 9.84 Å². The second-order valence-corrected chi connectivity index (χ2v) is 5.94. The first kappa shape index (κ1) is 12.8. The van der Waals surface area contributed by atoms with E-state index < -0.39 is 9.84 Å². The Morgan fingerprint density at radius 3 is 2.44 bits per heavy atom. The third kappa shape index (κ3) is 3.73. The molecule has 0 aromatic carbocycles. The number of aromatic nitrogens is 3. The van der Waals surface area contributed by atoms with Crippen LogP contribution in [0.4, 0.5) is 5.95 Å². The maximum absolute atomic E-state index is 11.2. The van der Waals surface area contributed by atoms with E-state index in [1.807, 2.05) is 13.8 Å². The van der Waals surface area contributed by atoms with Crippen molar-refractivity contribution in [2.45, 2.75) is 20.8 Å². The van der Waals surface area contributed by atoms with E-state index in [0.717, 1.165) is 11.4 Å². The quantitative estimate of drug-likeness (QED) is 0.803. The highest BCUT2D eigenvalue weighted by Crippen LogP contribution is 2.01. The van der Waals surface area contributed by atoms with Crippen LogP contribution < -0.4 is 5.32 Å². The van der Waals surface area contributed by atoms with Gasteiger partial charge in [-0.3, -0.25) is 0 Å². The maximum Gasteiger partial charge on any atom is 0.242 e. The summed E-state index contributed by atoms with van der Waals surface area (Å²) in [6, 6.07) is 0. The van der Waals surface area contributed by atoms with E-state index >= 15 is 0 Å². The summed E-state index contributed by atoms with van der Waals surface area (Å²) >= 11 is 0. The lowest BCUT2D eigenvalue weighted by molar-refractivity contribution is 0.597. The first-order valence-electron chi connectivity index (χ1n) is 5.07. The molecule has 1 rings (SSSR count). The summed E-state index contributed by atoms with van der Waals surface area (Å²) in [7, 11) is -2.95.